The predicted molar refractivity (Wildman–Crippen MR) is 111 cm³/mol. The van der Waals surface area contributed by atoms with E-state index in [2.05, 4.69) is 81.4 Å². The van der Waals surface area contributed by atoms with Crippen LogP contribution in [0, 0.1) is 13.8 Å². The van der Waals surface area contributed by atoms with E-state index in [4.69, 9.17) is 0 Å². The summed E-state index contributed by atoms with van der Waals surface area (Å²) in [6, 6.07) is 6.29. The molecule has 0 aliphatic heterocycles. The zero-order valence-corrected chi connectivity index (χ0v) is 16.5. The van der Waals surface area contributed by atoms with E-state index in [1.807, 2.05) is 0 Å². The molecule has 0 radical (unpaired) electrons. The Labute approximate surface area is 160 Å². The van der Waals surface area contributed by atoms with Crippen molar-refractivity contribution < 1.29 is 0 Å². The van der Waals surface area contributed by atoms with E-state index in [1.54, 1.807) is 12.4 Å². The number of hydrogen-bond acceptors (Lipinski definition) is 7. The molecule has 2 N–H and O–H groups in total. The van der Waals surface area contributed by atoms with Crippen molar-refractivity contribution in [1.82, 2.24) is 24.8 Å². The smallest absolute Gasteiger partial charge is 0.226 e. The number of benzene rings is 1. The van der Waals surface area contributed by atoms with E-state index < -0.39 is 0 Å². The molecule has 7 heteroatoms. The van der Waals surface area contributed by atoms with Gasteiger partial charge < -0.3 is 15.5 Å². The fourth-order valence-electron chi connectivity index (χ4n) is 2.89. The molecule has 142 valence electrons. The molecule has 0 atom stereocenters. The van der Waals surface area contributed by atoms with Crippen molar-refractivity contribution in [3.05, 3.63) is 41.7 Å². The van der Waals surface area contributed by atoms with Gasteiger partial charge >= 0.3 is 0 Å². The average molecular weight is 365 g/mol. The number of nitrogens with one attached hydrogen (secondary N) is 2. The van der Waals surface area contributed by atoms with Gasteiger partial charge in [0.25, 0.3) is 0 Å². The topological polar surface area (TPSA) is 78.9 Å². The monoisotopic (exact) mass is 365 g/mol. The van der Waals surface area contributed by atoms with Gasteiger partial charge in [0, 0.05) is 31.2 Å². The number of aromatic nitrogens is 4. The van der Waals surface area contributed by atoms with Crippen molar-refractivity contribution in [2.24, 2.45) is 0 Å². The molecule has 0 amide bonds. The number of aryl methyl sites for hydroxylation is 2. The second-order valence-corrected chi connectivity index (χ2v) is 6.52. The third kappa shape index (κ3) is 4.68. The normalized spacial score (nSPS) is 11.1. The number of rotatable bonds is 8. The van der Waals surface area contributed by atoms with Crippen LogP contribution < -0.4 is 10.6 Å². The van der Waals surface area contributed by atoms with Crippen LogP contribution in [0.5, 0.6) is 0 Å². The van der Waals surface area contributed by atoms with E-state index in [-0.39, 0.29) is 0 Å². The molecule has 2 aromatic heterocycles. The minimum atomic E-state index is 0.558. The van der Waals surface area contributed by atoms with Crippen molar-refractivity contribution in [1.29, 1.82) is 0 Å². The van der Waals surface area contributed by atoms with Crippen LogP contribution in [-0.2, 0) is 0 Å². The highest BCUT2D eigenvalue weighted by Crippen LogP contribution is 2.25. The summed E-state index contributed by atoms with van der Waals surface area (Å²) in [7, 11) is 0. The van der Waals surface area contributed by atoms with Crippen molar-refractivity contribution in [3.8, 4) is 0 Å². The average Bonchev–Trinajstić information content (AvgIpc) is 2.68. The van der Waals surface area contributed by atoms with Crippen molar-refractivity contribution in [3.63, 3.8) is 0 Å². The Balaban J connectivity index is 1.88. The van der Waals surface area contributed by atoms with Gasteiger partial charge in [-0.2, -0.15) is 9.97 Å². The Kier molecular flexibility index (Phi) is 6.13. The number of hydrogen-bond donors (Lipinski definition) is 2. The second-order valence-electron chi connectivity index (χ2n) is 6.52. The Morgan fingerprint density at radius 2 is 1.78 bits per heavy atom. The predicted octanol–water partition coefficient (Wildman–Crippen LogP) is 3.53. The number of nitrogens with zero attached hydrogens (tertiary/aromatic N) is 5. The molecule has 0 saturated carbocycles. The molecule has 0 spiro atoms. The molecular formula is C20H27N7. The molecule has 2 heterocycles. The van der Waals surface area contributed by atoms with Gasteiger partial charge in [-0.25, -0.2) is 9.97 Å². The summed E-state index contributed by atoms with van der Waals surface area (Å²) < 4.78 is 0. The van der Waals surface area contributed by atoms with E-state index in [1.165, 1.54) is 5.56 Å². The molecule has 1 aromatic carbocycles. The molecule has 0 fully saturated rings. The van der Waals surface area contributed by atoms with Gasteiger partial charge in [0.15, 0.2) is 17.0 Å². The summed E-state index contributed by atoms with van der Waals surface area (Å²) in [6.07, 6.45) is 3.31. The Morgan fingerprint density at radius 3 is 2.56 bits per heavy atom. The lowest BCUT2D eigenvalue weighted by Gasteiger charge is -2.18. The quantitative estimate of drug-likeness (QED) is 0.632. The maximum atomic E-state index is 4.66. The zero-order valence-electron chi connectivity index (χ0n) is 16.5. The summed E-state index contributed by atoms with van der Waals surface area (Å²) in [5.74, 6) is 1.22. The van der Waals surface area contributed by atoms with Crippen LogP contribution in [0.4, 0.5) is 17.5 Å². The third-order valence-corrected chi connectivity index (χ3v) is 4.58. The van der Waals surface area contributed by atoms with Crippen LogP contribution in [-0.4, -0.2) is 51.0 Å². The van der Waals surface area contributed by atoms with E-state index >= 15 is 0 Å². The standard InChI is InChI=1S/C20H27N7/c1-5-27(6-2)12-11-23-20-25-18-17(21-9-10-22-18)19(26-20)24-16-13-14(3)7-8-15(16)4/h7-10,13H,5-6,11-12H2,1-4H3,(H2,22,23,24,25,26). The fraction of sp³-hybridized carbons (Fsp3) is 0.400. The molecule has 3 rings (SSSR count). The van der Waals surface area contributed by atoms with Crippen LogP contribution in [0.25, 0.3) is 11.2 Å². The lowest BCUT2D eigenvalue weighted by atomic mass is 10.1. The zero-order chi connectivity index (χ0) is 19.2. The Morgan fingerprint density at radius 1 is 1.00 bits per heavy atom. The molecule has 0 aliphatic carbocycles. The van der Waals surface area contributed by atoms with E-state index in [0.717, 1.165) is 37.4 Å². The van der Waals surface area contributed by atoms with Crippen LogP contribution in [0.1, 0.15) is 25.0 Å². The highest BCUT2D eigenvalue weighted by atomic mass is 15.2. The van der Waals surface area contributed by atoms with Gasteiger partial charge in [-0.3, -0.25) is 0 Å². The summed E-state index contributed by atoms with van der Waals surface area (Å²) in [4.78, 5) is 20.3. The number of fused-ring (bicyclic) bond motifs is 1. The molecule has 3 aromatic rings. The van der Waals surface area contributed by atoms with Crippen LogP contribution in [0.3, 0.4) is 0 Å². The van der Waals surface area contributed by atoms with Crippen molar-refractivity contribution in [2.45, 2.75) is 27.7 Å². The van der Waals surface area contributed by atoms with Gasteiger partial charge in [0.1, 0.15) is 0 Å². The number of anilines is 3. The Hall–Kier alpha value is -2.80. The van der Waals surface area contributed by atoms with Crippen LogP contribution in [0.15, 0.2) is 30.6 Å². The highest BCUT2D eigenvalue weighted by Gasteiger charge is 2.11. The van der Waals surface area contributed by atoms with Gasteiger partial charge in [-0.1, -0.05) is 26.0 Å². The fourth-order valence-corrected chi connectivity index (χ4v) is 2.89. The molecule has 0 unspecified atom stereocenters. The largest absolute Gasteiger partial charge is 0.353 e. The molecule has 7 nitrogen and oxygen atoms in total. The maximum absolute atomic E-state index is 4.66. The summed E-state index contributed by atoms with van der Waals surface area (Å²) in [6.45, 7) is 12.2. The first kappa shape index (κ1) is 19.0. The molecular weight excluding hydrogens is 338 g/mol. The highest BCUT2D eigenvalue weighted by molar-refractivity contribution is 5.86. The second kappa shape index (κ2) is 8.73. The van der Waals surface area contributed by atoms with Crippen molar-refractivity contribution >= 4 is 28.6 Å². The number of likely N-dealkylation sites (N-methyl/N-ethyl adjacent to an activating group) is 1. The summed E-state index contributed by atoms with van der Waals surface area (Å²) in [5, 5.41) is 6.73. The lowest BCUT2D eigenvalue weighted by molar-refractivity contribution is 0.316. The minimum absolute atomic E-state index is 0.558. The van der Waals surface area contributed by atoms with Crippen molar-refractivity contribution in [2.75, 3.05) is 36.8 Å². The molecule has 0 bridgehead atoms. The van der Waals surface area contributed by atoms with E-state index in [9.17, 15) is 0 Å². The molecule has 0 aliphatic rings. The van der Waals surface area contributed by atoms with Gasteiger partial charge in [0.05, 0.1) is 0 Å². The molecule has 27 heavy (non-hydrogen) atoms. The summed E-state index contributed by atoms with van der Waals surface area (Å²) >= 11 is 0. The van der Waals surface area contributed by atoms with Gasteiger partial charge in [0.2, 0.25) is 5.95 Å². The molecule has 0 saturated heterocycles. The SMILES string of the molecule is CCN(CC)CCNc1nc(Nc2cc(C)ccc2C)c2nccnc2n1. The third-order valence-electron chi connectivity index (χ3n) is 4.58. The maximum Gasteiger partial charge on any atom is 0.226 e. The first-order chi connectivity index (χ1) is 13.1. The van der Waals surface area contributed by atoms with Crippen LogP contribution >= 0.6 is 0 Å². The Bertz CT molecular complexity index is 906. The van der Waals surface area contributed by atoms with Crippen LogP contribution in [0.2, 0.25) is 0 Å². The minimum Gasteiger partial charge on any atom is -0.353 e. The van der Waals surface area contributed by atoms with Gasteiger partial charge in [-0.05, 0) is 44.1 Å². The van der Waals surface area contributed by atoms with Gasteiger partial charge in [-0.15, -0.1) is 0 Å². The first-order valence-corrected chi connectivity index (χ1v) is 9.40. The lowest BCUT2D eigenvalue weighted by Crippen LogP contribution is -2.29. The van der Waals surface area contributed by atoms with E-state index in [0.29, 0.717) is 22.9 Å². The first-order valence-electron chi connectivity index (χ1n) is 9.40. The summed E-state index contributed by atoms with van der Waals surface area (Å²) in [5.41, 5.74) is 4.57.